The van der Waals surface area contributed by atoms with Crippen molar-refractivity contribution in [2.75, 3.05) is 6.61 Å². The third-order valence-electron chi connectivity index (χ3n) is 14.0. The summed E-state index contributed by atoms with van der Waals surface area (Å²) in [5.74, 6) is 1.48. The summed E-state index contributed by atoms with van der Waals surface area (Å²) in [4.78, 5) is 0. The summed E-state index contributed by atoms with van der Waals surface area (Å²) in [5, 5.41) is 52.9. The van der Waals surface area contributed by atoms with Crippen LogP contribution in [-0.2, 0) is 9.47 Å². The highest BCUT2D eigenvalue weighted by Crippen LogP contribution is 2.75. The molecule has 2 unspecified atom stereocenters. The van der Waals surface area contributed by atoms with Gasteiger partial charge < -0.3 is 35.0 Å². The lowest BCUT2D eigenvalue weighted by atomic mass is 9.35. The van der Waals surface area contributed by atoms with E-state index in [9.17, 15) is 25.5 Å². The summed E-state index contributed by atoms with van der Waals surface area (Å²) in [6, 6.07) is 0. The Kier molecular flexibility index (Phi) is 9.19. The second-order valence-corrected chi connectivity index (χ2v) is 16.6. The Morgan fingerprint density at radius 2 is 1.49 bits per heavy atom. The van der Waals surface area contributed by atoms with Gasteiger partial charge in [-0.05, 0) is 117 Å². The van der Waals surface area contributed by atoms with Crippen LogP contribution in [0, 0.1) is 45.3 Å². The van der Waals surface area contributed by atoms with Gasteiger partial charge in [0.1, 0.15) is 24.4 Å². The minimum Gasteiger partial charge on any atom is -0.394 e. The van der Waals surface area contributed by atoms with Crippen LogP contribution in [0.15, 0.2) is 23.3 Å². The Morgan fingerprint density at radius 1 is 0.814 bits per heavy atom. The van der Waals surface area contributed by atoms with E-state index in [4.69, 9.17) is 9.47 Å². The minimum absolute atomic E-state index is 0.0348. The van der Waals surface area contributed by atoms with Gasteiger partial charge in [0.05, 0.1) is 18.8 Å². The van der Waals surface area contributed by atoms with Crippen LogP contribution in [0.25, 0.3) is 0 Å². The largest absolute Gasteiger partial charge is 0.394 e. The molecule has 4 saturated carbocycles. The topological polar surface area (TPSA) is 120 Å². The second kappa shape index (κ2) is 11.8. The smallest absolute Gasteiger partial charge is 0.186 e. The predicted octanol–water partition coefficient (Wildman–Crippen LogP) is 5.13. The first-order valence-corrected chi connectivity index (χ1v) is 17.0. The van der Waals surface area contributed by atoms with Crippen molar-refractivity contribution in [3.63, 3.8) is 0 Å². The molecule has 4 aliphatic carbocycles. The lowest BCUT2D eigenvalue weighted by Gasteiger charge is -2.70. The van der Waals surface area contributed by atoms with Gasteiger partial charge in [-0.2, -0.15) is 0 Å². The Labute approximate surface area is 259 Å². The Morgan fingerprint density at radius 3 is 2.14 bits per heavy atom. The summed E-state index contributed by atoms with van der Waals surface area (Å²) in [5.41, 5.74) is 2.80. The molecule has 5 aliphatic rings. The molecule has 246 valence electrons. The van der Waals surface area contributed by atoms with Crippen molar-refractivity contribution in [3.8, 4) is 0 Å². The summed E-state index contributed by atoms with van der Waals surface area (Å²) in [6.07, 6.45) is 5.90. The molecule has 43 heavy (non-hydrogen) atoms. The molecular weight excluding hydrogens is 544 g/mol. The summed E-state index contributed by atoms with van der Waals surface area (Å²) in [7, 11) is 0. The maximum absolute atomic E-state index is 12.0. The number of hydrogen-bond donors (Lipinski definition) is 5. The molecule has 5 N–H and O–H groups in total. The number of allylic oxidation sites excluding steroid dienone is 4. The van der Waals surface area contributed by atoms with Crippen LogP contribution >= 0.6 is 0 Å². The van der Waals surface area contributed by atoms with Gasteiger partial charge in [-0.3, -0.25) is 0 Å². The van der Waals surface area contributed by atoms with E-state index in [1.54, 1.807) is 0 Å². The van der Waals surface area contributed by atoms with E-state index in [1.807, 2.05) is 0 Å². The van der Waals surface area contributed by atoms with E-state index in [1.165, 1.54) is 11.1 Å². The van der Waals surface area contributed by atoms with E-state index in [0.717, 1.165) is 51.4 Å². The van der Waals surface area contributed by atoms with Crippen molar-refractivity contribution in [2.24, 2.45) is 45.3 Å². The monoisotopic (exact) mass is 604 g/mol. The van der Waals surface area contributed by atoms with E-state index in [2.05, 4.69) is 67.5 Å². The lowest BCUT2D eigenvalue weighted by molar-refractivity contribution is -0.331. The zero-order valence-electron chi connectivity index (χ0n) is 27.9. The number of ether oxygens (including phenoxy) is 2. The van der Waals surface area contributed by atoms with Crippen molar-refractivity contribution in [2.45, 2.75) is 150 Å². The second-order valence-electron chi connectivity index (χ2n) is 16.6. The summed E-state index contributed by atoms with van der Waals surface area (Å²) < 4.78 is 12.2. The summed E-state index contributed by atoms with van der Waals surface area (Å²) >= 11 is 0. The van der Waals surface area contributed by atoms with Crippen molar-refractivity contribution in [3.05, 3.63) is 23.3 Å². The molecule has 0 aromatic rings. The van der Waals surface area contributed by atoms with Crippen LogP contribution in [0.3, 0.4) is 0 Å². The lowest BCUT2D eigenvalue weighted by Crippen LogP contribution is -2.67. The molecule has 0 radical (unpaired) electrons. The average Bonchev–Trinajstić information content (AvgIpc) is 3.31. The molecule has 1 saturated heterocycles. The van der Waals surface area contributed by atoms with Gasteiger partial charge in [-0.15, -0.1) is 0 Å². The number of hydrogen-bond acceptors (Lipinski definition) is 7. The molecule has 0 aromatic heterocycles. The number of fused-ring (bicyclic) bond motifs is 5. The predicted molar refractivity (Wildman–Crippen MR) is 167 cm³/mol. The fraction of sp³-hybridized carbons (Fsp3) is 0.889. The normalized spacial score (nSPS) is 51.3. The standard InChI is InChI=1S/C36H60O7/c1-20(2)10-9-11-21(3)22-12-16-36(8)28(22)23(38)18-26-34(6)15-14-27(33(4,5)25(34)13-17-35(26,36)7)43-32-31(41)30(40)29(39)24(19-37)42-32/h10-11,22-32,37-41H,9,12-19H2,1-8H3/b21-11-/t22-,23?,24-,25+,26-,27?,28+,29-,30+,31-,32+,34+,35-,36-/m1/s1. The molecule has 5 rings (SSSR count). The first-order valence-electron chi connectivity index (χ1n) is 17.0. The third kappa shape index (κ3) is 5.21. The highest BCUT2D eigenvalue weighted by Gasteiger charge is 2.70. The van der Waals surface area contributed by atoms with E-state index in [-0.39, 0.29) is 39.8 Å². The van der Waals surface area contributed by atoms with Crippen LogP contribution in [0.5, 0.6) is 0 Å². The van der Waals surface area contributed by atoms with Crippen molar-refractivity contribution < 1.29 is 35.0 Å². The van der Waals surface area contributed by atoms with E-state index < -0.39 is 37.3 Å². The Balaban J connectivity index is 1.38. The van der Waals surface area contributed by atoms with Gasteiger partial charge in [0, 0.05) is 0 Å². The molecule has 0 aromatic carbocycles. The summed E-state index contributed by atoms with van der Waals surface area (Å²) in [6.45, 7) is 18.2. The van der Waals surface area contributed by atoms with Gasteiger partial charge in [0.15, 0.2) is 6.29 Å². The zero-order chi connectivity index (χ0) is 31.7. The number of aliphatic hydroxyl groups excluding tert-OH is 5. The molecule has 5 fully saturated rings. The molecule has 7 nitrogen and oxygen atoms in total. The van der Waals surface area contributed by atoms with Crippen molar-refractivity contribution >= 4 is 0 Å². The van der Waals surface area contributed by atoms with E-state index >= 15 is 0 Å². The maximum atomic E-state index is 12.0. The Bertz CT molecular complexity index is 1080. The van der Waals surface area contributed by atoms with Crippen molar-refractivity contribution in [1.82, 2.24) is 0 Å². The van der Waals surface area contributed by atoms with Crippen LogP contribution in [0.1, 0.15) is 107 Å². The van der Waals surface area contributed by atoms with Crippen LogP contribution < -0.4 is 0 Å². The molecule has 1 aliphatic heterocycles. The van der Waals surface area contributed by atoms with Crippen LogP contribution in [0.4, 0.5) is 0 Å². The number of aliphatic hydroxyl groups is 5. The zero-order valence-corrected chi connectivity index (χ0v) is 27.9. The van der Waals surface area contributed by atoms with E-state index in [0.29, 0.717) is 17.8 Å². The quantitative estimate of drug-likeness (QED) is 0.211. The fourth-order valence-corrected chi connectivity index (χ4v) is 11.5. The molecule has 0 bridgehead atoms. The maximum Gasteiger partial charge on any atom is 0.186 e. The van der Waals surface area contributed by atoms with Gasteiger partial charge in [-0.25, -0.2) is 0 Å². The highest BCUT2D eigenvalue weighted by molar-refractivity contribution is 5.23. The SMILES string of the molecule is CC(C)=CC/C=C(/C)[C@H]1CC[C@]2(C)[C@@H]1C(O)C[C@@H]1[C@@]3(C)CCC(O[C@@H]4O[C@H](CO)[C@@H](O)[C@H](O)[C@H]4O)C(C)(C)[C@@H]3CC[C@]12C. The van der Waals surface area contributed by atoms with Gasteiger partial charge in [0.25, 0.3) is 0 Å². The molecule has 7 heteroatoms. The van der Waals surface area contributed by atoms with Crippen LogP contribution in [0.2, 0.25) is 0 Å². The van der Waals surface area contributed by atoms with Gasteiger partial charge in [-0.1, -0.05) is 57.9 Å². The van der Waals surface area contributed by atoms with Crippen LogP contribution in [-0.4, -0.2) is 75.1 Å². The molecule has 1 heterocycles. The van der Waals surface area contributed by atoms with Gasteiger partial charge in [0.2, 0.25) is 0 Å². The fourth-order valence-electron chi connectivity index (χ4n) is 11.5. The average molecular weight is 605 g/mol. The first kappa shape index (κ1) is 33.6. The number of rotatable bonds is 6. The molecule has 0 spiro atoms. The Hall–Kier alpha value is -0.800. The molecule has 0 amide bonds. The minimum atomic E-state index is -1.44. The van der Waals surface area contributed by atoms with Gasteiger partial charge >= 0.3 is 0 Å². The first-order chi connectivity index (χ1) is 20.0. The van der Waals surface area contributed by atoms with Crippen molar-refractivity contribution in [1.29, 1.82) is 0 Å². The molecule has 14 atom stereocenters. The molecular formula is C36H60O7. The third-order valence-corrected chi connectivity index (χ3v) is 14.0. The highest BCUT2D eigenvalue weighted by atomic mass is 16.7.